The maximum Gasteiger partial charge on any atom is -0.0409 e. The van der Waals surface area contributed by atoms with E-state index in [4.69, 9.17) is 0 Å². The van der Waals surface area contributed by atoms with Crippen molar-refractivity contribution in [2.45, 2.75) is 44.9 Å². The predicted molar refractivity (Wildman–Crippen MR) is 39.3 cm³/mol. The first-order chi connectivity index (χ1) is 4.45. The van der Waals surface area contributed by atoms with Gasteiger partial charge in [-0.05, 0) is 24.7 Å². The SMILES string of the molecule is C1CCC2CC(CC1)C2. The molecule has 0 heterocycles. The molecule has 3 aliphatic carbocycles. The third-order valence-electron chi connectivity index (χ3n) is 3.06. The molecule has 52 valence electrons. The van der Waals surface area contributed by atoms with Crippen LogP contribution in [0.15, 0.2) is 0 Å². The molecule has 2 bridgehead atoms. The van der Waals surface area contributed by atoms with Gasteiger partial charge in [-0.25, -0.2) is 0 Å². The Labute approximate surface area is 57.6 Å². The normalized spacial score (nSPS) is 42.7. The lowest BCUT2D eigenvalue weighted by molar-refractivity contribution is 0.147. The fraction of sp³-hybridized carbons (Fsp3) is 1.00. The van der Waals surface area contributed by atoms with Crippen molar-refractivity contribution < 1.29 is 0 Å². The number of fused-ring (bicyclic) bond motifs is 4. The highest BCUT2D eigenvalue weighted by molar-refractivity contribution is 4.81. The van der Waals surface area contributed by atoms with Crippen molar-refractivity contribution in [3.05, 3.63) is 0 Å². The van der Waals surface area contributed by atoms with Crippen molar-refractivity contribution in [3.63, 3.8) is 0 Å². The molecule has 0 unspecified atom stereocenters. The lowest BCUT2D eigenvalue weighted by atomic mass is 9.69. The van der Waals surface area contributed by atoms with Crippen LogP contribution >= 0.6 is 0 Å². The molecule has 0 N–H and O–H groups in total. The summed E-state index contributed by atoms with van der Waals surface area (Å²) >= 11 is 0. The molecule has 0 radical (unpaired) electrons. The first-order valence-electron chi connectivity index (χ1n) is 4.45. The summed E-state index contributed by atoms with van der Waals surface area (Å²) in [7, 11) is 0. The van der Waals surface area contributed by atoms with Crippen LogP contribution in [0.4, 0.5) is 0 Å². The van der Waals surface area contributed by atoms with Gasteiger partial charge in [0, 0.05) is 0 Å². The Kier molecular flexibility index (Phi) is 1.48. The zero-order valence-electron chi connectivity index (χ0n) is 6.10. The first-order valence-corrected chi connectivity index (χ1v) is 4.45. The summed E-state index contributed by atoms with van der Waals surface area (Å²) < 4.78 is 0. The third-order valence-corrected chi connectivity index (χ3v) is 3.06. The van der Waals surface area contributed by atoms with Crippen LogP contribution in [0.25, 0.3) is 0 Å². The zero-order valence-corrected chi connectivity index (χ0v) is 6.10. The summed E-state index contributed by atoms with van der Waals surface area (Å²) in [5.74, 6) is 2.32. The van der Waals surface area contributed by atoms with E-state index in [9.17, 15) is 0 Å². The van der Waals surface area contributed by atoms with Gasteiger partial charge in [0.05, 0.1) is 0 Å². The maximum atomic E-state index is 1.58. The van der Waals surface area contributed by atoms with Crippen LogP contribution < -0.4 is 0 Å². The second-order valence-corrected chi connectivity index (χ2v) is 3.84. The molecular formula is C9H16. The summed E-state index contributed by atoms with van der Waals surface area (Å²) in [5, 5.41) is 0. The van der Waals surface area contributed by atoms with Gasteiger partial charge in [0.2, 0.25) is 0 Å². The van der Waals surface area contributed by atoms with Crippen LogP contribution in [0, 0.1) is 11.8 Å². The number of hydrogen-bond donors (Lipinski definition) is 0. The third kappa shape index (κ3) is 1.12. The zero-order chi connectivity index (χ0) is 6.10. The summed E-state index contributed by atoms with van der Waals surface area (Å²) in [5.41, 5.74) is 0. The number of hydrogen-bond acceptors (Lipinski definition) is 0. The highest BCUT2D eigenvalue weighted by Crippen LogP contribution is 2.42. The Hall–Kier alpha value is 0. The molecule has 3 aliphatic rings. The largest absolute Gasteiger partial charge is 0.0533 e. The van der Waals surface area contributed by atoms with Crippen LogP contribution in [-0.2, 0) is 0 Å². The van der Waals surface area contributed by atoms with Crippen LogP contribution in [0.1, 0.15) is 44.9 Å². The Morgan fingerprint density at radius 1 is 0.667 bits per heavy atom. The van der Waals surface area contributed by atoms with E-state index in [2.05, 4.69) is 0 Å². The summed E-state index contributed by atoms with van der Waals surface area (Å²) in [6.45, 7) is 0. The predicted octanol–water partition coefficient (Wildman–Crippen LogP) is 2.98. The van der Waals surface area contributed by atoms with Crippen LogP contribution in [0.2, 0.25) is 0 Å². The highest BCUT2D eigenvalue weighted by Gasteiger charge is 2.29. The van der Waals surface area contributed by atoms with Gasteiger partial charge >= 0.3 is 0 Å². The molecule has 0 nitrogen and oxygen atoms in total. The molecule has 0 saturated heterocycles. The van der Waals surface area contributed by atoms with Crippen LogP contribution in [-0.4, -0.2) is 0 Å². The van der Waals surface area contributed by atoms with E-state index in [1.165, 1.54) is 19.3 Å². The van der Waals surface area contributed by atoms with Gasteiger partial charge in [-0.2, -0.15) is 0 Å². The van der Waals surface area contributed by atoms with Gasteiger partial charge in [-0.3, -0.25) is 0 Å². The summed E-state index contributed by atoms with van der Waals surface area (Å²) in [6.07, 6.45) is 10.8. The van der Waals surface area contributed by atoms with Gasteiger partial charge in [0.25, 0.3) is 0 Å². The quantitative estimate of drug-likeness (QED) is 0.465. The molecule has 0 amide bonds. The van der Waals surface area contributed by atoms with Crippen molar-refractivity contribution >= 4 is 0 Å². The van der Waals surface area contributed by atoms with E-state index in [1.54, 1.807) is 25.7 Å². The minimum atomic E-state index is 1.16. The van der Waals surface area contributed by atoms with Crippen molar-refractivity contribution in [1.82, 2.24) is 0 Å². The van der Waals surface area contributed by atoms with E-state index in [0.29, 0.717) is 0 Å². The Bertz CT molecular complexity index is 74.7. The minimum Gasteiger partial charge on any atom is -0.0533 e. The monoisotopic (exact) mass is 124 g/mol. The van der Waals surface area contributed by atoms with Crippen LogP contribution in [0.5, 0.6) is 0 Å². The smallest absolute Gasteiger partial charge is 0.0409 e. The van der Waals surface area contributed by atoms with Gasteiger partial charge < -0.3 is 0 Å². The number of rotatable bonds is 0. The second-order valence-electron chi connectivity index (χ2n) is 3.84. The Morgan fingerprint density at radius 2 is 1.22 bits per heavy atom. The minimum absolute atomic E-state index is 1.16. The van der Waals surface area contributed by atoms with E-state index < -0.39 is 0 Å². The van der Waals surface area contributed by atoms with E-state index in [0.717, 1.165) is 11.8 Å². The second kappa shape index (κ2) is 2.32. The van der Waals surface area contributed by atoms with E-state index in [-0.39, 0.29) is 0 Å². The molecule has 0 aromatic rings. The molecule has 3 saturated carbocycles. The van der Waals surface area contributed by atoms with Crippen molar-refractivity contribution in [1.29, 1.82) is 0 Å². The highest BCUT2D eigenvalue weighted by atomic mass is 14.3. The summed E-state index contributed by atoms with van der Waals surface area (Å²) in [6, 6.07) is 0. The maximum absolute atomic E-state index is 1.58. The molecule has 0 aliphatic heterocycles. The van der Waals surface area contributed by atoms with Crippen molar-refractivity contribution in [2.75, 3.05) is 0 Å². The Morgan fingerprint density at radius 3 is 1.78 bits per heavy atom. The molecule has 0 heteroatoms. The van der Waals surface area contributed by atoms with Gasteiger partial charge in [-0.15, -0.1) is 0 Å². The first kappa shape index (κ1) is 5.76. The molecule has 0 spiro atoms. The average Bonchev–Trinajstić information content (AvgIpc) is 1.54. The molecule has 0 aromatic heterocycles. The van der Waals surface area contributed by atoms with Gasteiger partial charge in [0.15, 0.2) is 0 Å². The lowest BCUT2D eigenvalue weighted by Crippen LogP contribution is -2.24. The summed E-state index contributed by atoms with van der Waals surface area (Å²) in [4.78, 5) is 0. The molecule has 3 rings (SSSR count). The Balaban J connectivity index is 1.85. The van der Waals surface area contributed by atoms with Gasteiger partial charge in [-0.1, -0.05) is 32.1 Å². The van der Waals surface area contributed by atoms with Gasteiger partial charge in [0.1, 0.15) is 0 Å². The molecule has 3 fully saturated rings. The van der Waals surface area contributed by atoms with E-state index >= 15 is 0 Å². The van der Waals surface area contributed by atoms with Crippen LogP contribution in [0.3, 0.4) is 0 Å². The molecule has 0 atom stereocenters. The molecular weight excluding hydrogens is 108 g/mol. The van der Waals surface area contributed by atoms with Crippen molar-refractivity contribution in [2.24, 2.45) is 11.8 Å². The topological polar surface area (TPSA) is 0 Å². The lowest BCUT2D eigenvalue weighted by Gasteiger charge is -2.37. The fourth-order valence-electron chi connectivity index (χ4n) is 2.39. The standard InChI is InChI=1S/C9H16/c1-2-4-8-6-9(7-8)5-3-1/h8-9H,1-7H2. The fourth-order valence-corrected chi connectivity index (χ4v) is 2.39. The van der Waals surface area contributed by atoms with E-state index in [1.807, 2.05) is 0 Å². The average molecular weight is 124 g/mol. The molecule has 0 aromatic carbocycles. The molecule has 9 heavy (non-hydrogen) atoms. The van der Waals surface area contributed by atoms with Crippen molar-refractivity contribution in [3.8, 4) is 0 Å².